The molecule has 9 aromatic carbocycles. The molecule has 0 radical (unpaired) electrons. The van der Waals surface area contributed by atoms with Gasteiger partial charge in [0.05, 0.1) is 33.6 Å². The Kier molecular flexibility index (Phi) is 8.79. The molecule has 12 aromatic rings. The van der Waals surface area contributed by atoms with Crippen LogP contribution < -0.4 is 0 Å². The maximum atomic E-state index is 5.26. The van der Waals surface area contributed by atoms with Crippen molar-refractivity contribution in [1.29, 1.82) is 0 Å². The highest BCUT2D eigenvalue weighted by molar-refractivity contribution is 6.27. The van der Waals surface area contributed by atoms with E-state index in [-0.39, 0.29) is 0 Å². The minimum atomic E-state index is 0.711. The second-order valence-corrected chi connectivity index (χ2v) is 16.0. The van der Waals surface area contributed by atoms with E-state index in [4.69, 9.17) is 15.0 Å². The molecule has 4 heteroatoms. The molecule has 0 N–H and O–H groups in total. The number of aromatic nitrogens is 4. The molecule has 0 atom stereocenters. The van der Waals surface area contributed by atoms with Crippen LogP contribution in [-0.2, 0) is 0 Å². The molecule has 0 fully saturated rings. The number of rotatable bonds is 7. The lowest BCUT2D eigenvalue weighted by Crippen LogP contribution is -1.96. The average Bonchev–Trinajstić information content (AvgIpc) is 3.71. The monoisotopic (exact) mass is 802 g/mol. The predicted octanol–water partition coefficient (Wildman–Crippen LogP) is 15.3. The zero-order valence-corrected chi connectivity index (χ0v) is 34.2. The van der Waals surface area contributed by atoms with E-state index in [1.165, 1.54) is 27.2 Å². The fourth-order valence-corrected chi connectivity index (χ4v) is 9.16. The smallest absolute Gasteiger partial charge is 0.160 e. The Bertz CT molecular complexity index is 3580. The quantitative estimate of drug-likeness (QED) is 0.151. The molecule has 3 heterocycles. The molecular formula is C59H38N4. The summed E-state index contributed by atoms with van der Waals surface area (Å²) in [7, 11) is 0. The Morgan fingerprint density at radius 3 is 1.54 bits per heavy atom. The van der Waals surface area contributed by atoms with Gasteiger partial charge in [0.1, 0.15) is 0 Å². The van der Waals surface area contributed by atoms with Gasteiger partial charge >= 0.3 is 0 Å². The number of benzene rings is 9. The third-order valence-electron chi connectivity index (χ3n) is 12.2. The molecule has 0 aliphatic carbocycles. The molecule has 0 unspecified atom stereocenters. The third-order valence-corrected chi connectivity index (χ3v) is 12.2. The largest absolute Gasteiger partial charge is 0.309 e. The van der Waals surface area contributed by atoms with Crippen molar-refractivity contribution in [1.82, 2.24) is 19.5 Å². The van der Waals surface area contributed by atoms with E-state index in [9.17, 15) is 0 Å². The molecular weight excluding hydrogens is 765 g/mol. The number of fused-ring (bicyclic) bond motifs is 7. The molecule has 0 spiro atoms. The van der Waals surface area contributed by atoms with E-state index in [1.54, 1.807) is 0 Å². The van der Waals surface area contributed by atoms with E-state index in [0.717, 1.165) is 83.5 Å². The summed E-state index contributed by atoms with van der Waals surface area (Å²) in [5.41, 5.74) is 16.1. The Morgan fingerprint density at radius 1 is 0.302 bits per heavy atom. The van der Waals surface area contributed by atoms with Crippen molar-refractivity contribution in [2.24, 2.45) is 0 Å². The lowest BCUT2D eigenvalue weighted by Gasteiger charge is -2.14. The van der Waals surface area contributed by atoms with Crippen LogP contribution in [0.15, 0.2) is 231 Å². The van der Waals surface area contributed by atoms with Crippen LogP contribution in [-0.4, -0.2) is 19.5 Å². The van der Waals surface area contributed by atoms with E-state index in [2.05, 4.69) is 199 Å². The minimum absolute atomic E-state index is 0.711. The molecule has 0 aliphatic rings. The Morgan fingerprint density at radius 2 is 0.825 bits per heavy atom. The first kappa shape index (κ1) is 36.4. The van der Waals surface area contributed by atoms with Gasteiger partial charge in [-0.1, -0.05) is 188 Å². The number of pyridine rings is 1. The Hall–Kier alpha value is -8.47. The first-order chi connectivity index (χ1) is 31.2. The van der Waals surface area contributed by atoms with Gasteiger partial charge in [-0.15, -0.1) is 0 Å². The highest BCUT2D eigenvalue weighted by Crippen LogP contribution is 2.43. The maximum absolute atomic E-state index is 5.26. The number of hydrogen-bond acceptors (Lipinski definition) is 3. The first-order valence-electron chi connectivity index (χ1n) is 21.4. The Labute approximate surface area is 365 Å². The van der Waals surface area contributed by atoms with Crippen LogP contribution in [0, 0.1) is 0 Å². The van der Waals surface area contributed by atoms with Crippen molar-refractivity contribution in [3.8, 4) is 73.1 Å². The standard InChI is InChI=1S/C59H38N4/c1-5-16-40(17-6-1)53-38-54(62-59(61-53)43-20-9-3-10-21-43)41-30-28-39(29-31-41)44-22-15-23-45(36-44)46-32-35-55-51(37-46)48-33-34-50-56(58(48)63(55)47-24-11-4-12-25-47)49-26-13-14-27-52(49)60-57(50)42-18-7-2-8-19-42/h1-38H. The molecule has 0 aliphatic heterocycles. The minimum Gasteiger partial charge on any atom is -0.309 e. The second kappa shape index (κ2) is 15.2. The van der Waals surface area contributed by atoms with Gasteiger partial charge in [-0.05, 0) is 64.7 Å². The number of para-hydroxylation sites is 2. The first-order valence-corrected chi connectivity index (χ1v) is 21.4. The molecule has 12 rings (SSSR count). The van der Waals surface area contributed by atoms with E-state index in [1.807, 2.05) is 36.4 Å². The van der Waals surface area contributed by atoms with Gasteiger partial charge in [-0.2, -0.15) is 0 Å². The lowest BCUT2D eigenvalue weighted by atomic mass is 9.96. The van der Waals surface area contributed by atoms with E-state index >= 15 is 0 Å². The molecule has 63 heavy (non-hydrogen) atoms. The van der Waals surface area contributed by atoms with E-state index < -0.39 is 0 Å². The van der Waals surface area contributed by atoms with Crippen molar-refractivity contribution in [3.63, 3.8) is 0 Å². The summed E-state index contributed by atoms with van der Waals surface area (Å²) < 4.78 is 2.44. The fraction of sp³-hybridized carbons (Fsp3) is 0. The zero-order chi connectivity index (χ0) is 41.7. The van der Waals surface area contributed by atoms with Crippen LogP contribution in [0.25, 0.3) is 117 Å². The van der Waals surface area contributed by atoms with Crippen molar-refractivity contribution in [2.45, 2.75) is 0 Å². The topological polar surface area (TPSA) is 43.6 Å². The molecule has 0 amide bonds. The van der Waals surface area contributed by atoms with Crippen LogP contribution >= 0.6 is 0 Å². The number of hydrogen-bond donors (Lipinski definition) is 0. The van der Waals surface area contributed by atoms with Crippen LogP contribution in [0.3, 0.4) is 0 Å². The third kappa shape index (κ3) is 6.44. The molecule has 3 aromatic heterocycles. The van der Waals surface area contributed by atoms with Crippen LogP contribution in [0.5, 0.6) is 0 Å². The van der Waals surface area contributed by atoms with Gasteiger partial charge in [0.2, 0.25) is 0 Å². The summed E-state index contributed by atoms with van der Waals surface area (Å²) >= 11 is 0. The van der Waals surface area contributed by atoms with Gasteiger partial charge < -0.3 is 4.57 Å². The van der Waals surface area contributed by atoms with Gasteiger partial charge in [-0.25, -0.2) is 15.0 Å². The van der Waals surface area contributed by atoms with Gasteiger partial charge in [0, 0.05) is 54.9 Å². The molecule has 294 valence electrons. The number of nitrogens with zero attached hydrogens (tertiary/aromatic N) is 4. The van der Waals surface area contributed by atoms with Crippen LogP contribution in [0.2, 0.25) is 0 Å². The van der Waals surface area contributed by atoms with Gasteiger partial charge in [-0.3, -0.25) is 0 Å². The Balaban J connectivity index is 0.973. The van der Waals surface area contributed by atoms with Crippen molar-refractivity contribution in [2.75, 3.05) is 0 Å². The summed E-state index contributed by atoms with van der Waals surface area (Å²) in [5, 5.41) is 5.91. The fourth-order valence-electron chi connectivity index (χ4n) is 9.16. The second-order valence-electron chi connectivity index (χ2n) is 16.0. The van der Waals surface area contributed by atoms with Crippen molar-refractivity contribution >= 4 is 43.5 Å². The summed E-state index contributed by atoms with van der Waals surface area (Å²) in [5.74, 6) is 0.711. The zero-order valence-electron chi connectivity index (χ0n) is 34.2. The summed E-state index contributed by atoms with van der Waals surface area (Å²) in [6.45, 7) is 0. The average molecular weight is 803 g/mol. The summed E-state index contributed by atoms with van der Waals surface area (Å²) in [6.07, 6.45) is 0. The molecule has 0 saturated heterocycles. The van der Waals surface area contributed by atoms with Crippen molar-refractivity contribution in [3.05, 3.63) is 231 Å². The molecule has 4 nitrogen and oxygen atoms in total. The van der Waals surface area contributed by atoms with Gasteiger partial charge in [0.25, 0.3) is 0 Å². The van der Waals surface area contributed by atoms with Crippen molar-refractivity contribution < 1.29 is 0 Å². The molecule has 0 bridgehead atoms. The molecule has 0 saturated carbocycles. The van der Waals surface area contributed by atoms with E-state index in [0.29, 0.717) is 5.82 Å². The normalized spacial score (nSPS) is 11.5. The highest BCUT2D eigenvalue weighted by atomic mass is 15.0. The van der Waals surface area contributed by atoms with Crippen LogP contribution in [0.1, 0.15) is 0 Å². The van der Waals surface area contributed by atoms with Crippen LogP contribution in [0.4, 0.5) is 0 Å². The highest BCUT2D eigenvalue weighted by Gasteiger charge is 2.20. The van der Waals surface area contributed by atoms with Gasteiger partial charge in [0.15, 0.2) is 5.82 Å². The lowest BCUT2D eigenvalue weighted by molar-refractivity contribution is 1.18. The SMILES string of the molecule is c1ccc(-c2cc(-c3ccc(-c4cccc(-c5ccc6c(c5)c5ccc7c(-c8ccccc8)nc8ccccc8c7c5n6-c5ccccc5)c4)cc3)nc(-c3ccccc3)n2)cc1. The predicted molar refractivity (Wildman–Crippen MR) is 262 cm³/mol. The summed E-state index contributed by atoms with van der Waals surface area (Å²) in [4.78, 5) is 15.3. The summed E-state index contributed by atoms with van der Waals surface area (Å²) in [6, 6.07) is 81.6. The maximum Gasteiger partial charge on any atom is 0.160 e.